The van der Waals surface area contributed by atoms with Crippen molar-refractivity contribution in [3.8, 4) is 0 Å². The molecular weight excluding hydrogens is 335 g/mol. The molecule has 0 radical (unpaired) electrons. The number of carbonyl (C=O) groups excluding carboxylic acids is 1. The van der Waals surface area contributed by atoms with Gasteiger partial charge in [-0.25, -0.2) is 0 Å². The van der Waals surface area contributed by atoms with Gasteiger partial charge in [0, 0.05) is 0 Å². The third-order valence-corrected chi connectivity index (χ3v) is 2.80. The van der Waals surface area contributed by atoms with E-state index in [2.05, 4.69) is 30.7 Å². The number of hydrazine groups is 1. The van der Waals surface area contributed by atoms with Gasteiger partial charge in [0.05, 0.1) is 0 Å². The van der Waals surface area contributed by atoms with Crippen LogP contribution in [0.3, 0.4) is 0 Å². The number of hydrogen-bond acceptors (Lipinski definition) is 2. The number of carbonyl (C=O) groups is 1. The molecule has 1 atom stereocenters. The maximum absolute atomic E-state index is 11.3. The number of amides is 1. The van der Waals surface area contributed by atoms with Crippen LogP contribution in [-0.2, 0) is 19.8 Å². The van der Waals surface area contributed by atoms with Gasteiger partial charge in [0.1, 0.15) is 0 Å². The standard InChI is InChI=1S/C8H7N2O.Pt/c11-8-7-4-2-1-3-6(7)5-9-10-8;/h1-5,9H,(H,10,11);. The molecule has 0 bridgehead atoms. The van der Waals surface area contributed by atoms with Gasteiger partial charge in [0.2, 0.25) is 0 Å². The first kappa shape index (κ1) is 7.96. The van der Waals surface area contributed by atoms with Crippen LogP contribution in [-0.4, -0.2) is 5.91 Å². The van der Waals surface area contributed by atoms with Crippen LogP contribution in [0.2, 0.25) is 0 Å². The number of benzene rings is 1. The van der Waals surface area contributed by atoms with Gasteiger partial charge in [-0.3, -0.25) is 0 Å². The molecule has 0 fully saturated rings. The van der Waals surface area contributed by atoms with E-state index >= 15 is 0 Å². The predicted octanol–water partition coefficient (Wildman–Crippen LogP) is 0.480. The molecule has 1 aliphatic rings. The molecule has 0 aliphatic carbocycles. The summed E-state index contributed by atoms with van der Waals surface area (Å²) in [5.41, 5.74) is 7.27. The molecule has 1 heterocycles. The molecule has 0 aromatic heterocycles. The normalized spacial score (nSPS) is 21.5. The minimum atomic E-state index is -0.0566. The Balaban J connectivity index is 2.55. The Kier molecular flexibility index (Phi) is 1.99. The topological polar surface area (TPSA) is 41.1 Å². The molecule has 1 unspecified atom stereocenters. The van der Waals surface area contributed by atoms with Gasteiger partial charge < -0.3 is 0 Å². The molecule has 0 saturated carbocycles. The quantitative estimate of drug-likeness (QED) is 0.720. The van der Waals surface area contributed by atoms with Crippen molar-refractivity contribution in [1.82, 2.24) is 10.9 Å². The first-order chi connectivity index (χ1) is 5.79. The molecular formula is C8H7N2OPt. The summed E-state index contributed by atoms with van der Waals surface area (Å²) >= 11 is 2.22. The summed E-state index contributed by atoms with van der Waals surface area (Å²) in [6.45, 7) is 0. The summed E-state index contributed by atoms with van der Waals surface area (Å²) in [6.07, 6.45) is 0. The van der Waals surface area contributed by atoms with E-state index in [4.69, 9.17) is 0 Å². The summed E-state index contributed by atoms with van der Waals surface area (Å²) in [4.78, 5) is 11.3. The molecule has 4 heteroatoms. The summed E-state index contributed by atoms with van der Waals surface area (Å²) < 4.78 is 0.166. The van der Waals surface area contributed by atoms with E-state index in [9.17, 15) is 4.79 Å². The van der Waals surface area contributed by atoms with Crippen LogP contribution >= 0.6 is 0 Å². The van der Waals surface area contributed by atoms with Crippen LogP contribution in [0.4, 0.5) is 0 Å². The van der Waals surface area contributed by atoms with Gasteiger partial charge in [-0.1, -0.05) is 0 Å². The Bertz CT molecular complexity index is 327. The van der Waals surface area contributed by atoms with Crippen molar-refractivity contribution in [2.75, 3.05) is 0 Å². The van der Waals surface area contributed by atoms with Gasteiger partial charge in [-0.2, -0.15) is 0 Å². The molecule has 1 aromatic rings. The van der Waals surface area contributed by atoms with E-state index in [-0.39, 0.29) is 10.3 Å². The van der Waals surface area contributed by atoms with Crippen LogP contribution in [0.25, 0.3) is 0 Å². The van der Waals surface area contributed by atoms with Crippen molar-refractivity contribution in [3.05, 3.63) is 35.4 Å². The summed E-state index contributed by atoms with van der Waals surface area (Å²) in [5.74, 6) is -0.0566. The number of rotatable bonds is 0. The third kappa shape index (κ3) is 1.19. The number of hydrogen-bond donors (Lipinski definition) is 2. The van der Waals surface area contributed by atoms with Crippen LogP contribution in [0, 0.1) is 0 Å². The van der Waals surface area contributed by atoms with Crippen LogP contribution in [0.5, 0.6) is 0 Å². The molecule has 2 N–H and O–H groups in total. The molecule has 65 valence electrons. The van der Waals surface area contributed by atoms with E-state index in [0.29, 0.717) is 0 Å². The van der Waals surface area contributed by atoms with E-state index < -0.39 is 0 Å². The zero-order valence-corrected chi connectivity index (χ0v) is 8.38. The second kappa shape index (κ2) is 3.00. The average molecular weight is 342 g/mol. The zero-order valence-electron chi connectivity index (χ0n) is 6.11. The second-order valence-corrected chi connectivity index (χ2v) is 3.82. The number of nitrogens with one attached hydrogen (secondary N) is 2. The summed E-state index contributed by atoms with van der Waals surface area (Å²) in [7, 11) is 0. The second-order valence-electron chi connectivity index (χ2n) is 2.51. The van der Waals surface area contributed by atoms with Gasteiger partial charge in [-0.15, -0.1) is 0 Å². The molecule has 0 spiro atoms. The van der Waals surface area contributed by atoms with Crippen LogP contribution in [0.1, 0.15) is 20.4 Å². The van der Waals surface area contributed by atoms with Crippen molar-refractivity contribution in [1.29, 1.82) is 0 Å². The fraction of sp³-hybridized carbons (Fsp3) is 0.125. The molecule has 0 saturated heterocycles. The van der Waals surface area contributed by atoms with Gasteiger partial charge in [0.25, 0.3) is 0 Å². The van der Waals surface area contributed by atoms with Crippen molar-refractivity contribution >= 4 is 5.91 Å². The first-order valence-corrected chi connectivity index (χ1v) is 4.85. The molecule has 3 nitrogen and oxygen atoms in total. The summed E-state index contributed by atoms with van der Waals surface area (Å²) in [5, 5.41) is 0. The maximum atomic E-state index is 11.3. The zero-order chi connectivity index (χ0) is 8.55. The molecule has 1 aromatic carbocycles. The number of fused-ring (bicyclic) bond motifs is 1. The molecule has 12 heavy (non-hydrogen) atoms. The Hall–Kier alpha value is -0.662. The third-order valence-electron chi connectivity index (χ3n) is 1.76. The average Bonchev–Trinajstić information content (AvgIpc) is 2.12. The monoisotopic (exact) mass is 342 g/mol. The Morgan fingerprint density at radius 2 is 2.08 bits per heavy atom. The van der Waals surface area contributed by atoms with E-state index in [1.807, 2.05) is 24.3 Å². The fourth-order valence-corrected chi connectivity index (χ4v) is 1.91. The summed E-state index contributed by atoms with van der Waals surface area (Å²) in [6, 6.07) is 7.59. The molecule has 2 rings (SSSR count). The Morgan fingerprint density at radius 3 is 2.83 bits per heavy atom. The minimum absolute atomic E-state index is 0.0566. The van der Waals surface area contributed by atoms with Gasteiger partial charge in [0.15, 0.2) is 0 Å². The first-order valence-electron chi connectivity index (χ1n) is 3.54. The van der Waals surface area contributed by atoms with Crippen LogP contribution in [0.15, 0.2) is 24.3 Å². The van der Waals surface area contributed by atoms with Crippen LogP contribution < -0.4 is 10.9 Å². The predicted molar refractivity (Wildman–Crippen MR) is 39.8 cm³/mol. The van der Waals surface area contributed by atoms with Crippen molar-refractivity contribution < 1.29 is 24.6 Å². The Labute approximate surface area is 81.4 Å². The Morgan fingerprint density at radius 1 is 1.33 bits per heavy atom. The van der Waals surface area contributed by atoms with E-state index in [0.717, 1.165) is 11.1 Å². The SMILES string of the molecule is O=C1NN[CH]([Pt])c2ccccc21. The van der Waals surface area contributed by atoms with E-state index in [1.54, 1.807) is 0 Å². The van der Waals surface area contributed by atoms with E-state index in [1.165, 1.54) is 0 Å². The van der Waals surface area contributed by atoms with Gasteiger partial charge in [-0.05, 0) is 0 Å². The molecule has 1 aliphatic heterocycles. The van der Waals surface area contributed by atoms with Crippen molar-refractivity contribution in [2.24, 2.45) is 0 Å². The van der Waals surface area contributed by atoms with Crippen molar-refractivity contribution in [3.63, 3.8) is 0 Å². The fourth-order valence-electron chi connectivity index (χ4n) is 1.18. The molecule has 1 amide bonds. The van der Waals surface area contributed by atoms with Crippen molar-refractivity contribution in [2.45, 2.75) is 4.43 Å². The van der Waals surface area contributed by atoms with Gasteiger partial charge >= 0.3 is 81.2 Å².